The molecule has 0 atom stereocenters. The maximum absolute atomic E-state index is 2.70. The standard InChI is InChI=1S/C18H38N2/c1-6-11-19(12-7-2)15-17-9-13-20(14-10-17)16-18(4,5)8-3/h17H,6-16H2,1-5H3. The molecular weight excluding hydrogens is 244 g/mol. The molecule has 1 heterocycles. The van der Waals surface area contributed by atoms with Crippen LogP contribution in [0.3, 0.4) is 0 Å². The third kappa shape index (κ3) is 6.58. The largest absolute Gasteiger partial charge is 0.303 e. The number of likely N-dealkylation sites (tertiary alicyclic amines) is 1. The average molecular weight is 283 g/mol. The molecule has 1 aliphatic heterocycles. The molecule has 1 aliphatic rings. The molecule has 0 unspecified atom stereocenters. The highest BCUT2D eigenvalue weighted by Crippen LogP contribution is 2.25. The number of hydrogen-bond donors (Lipinski definition) is 0. The fourth-order valence-corrected chi connectivity index (χ4v) is 3.34. The first-order valence-corrected chi connectivity index (χ1v) is 8.95. The second-order valence-corrected chi connectivity index (χ2v) is 7.54. The molecule has 0 aromatic heterocycles. The summed E-state index contributed by atoms with van der Waals surface area (Å²) < 4.78 is 0. The van der Waals surface area contributed by atoms with Gasteiger partial charge in [-0.05, 0) is 69.6 Å². The van der Waals surface area contributed by atoms with E-state index in [4.69, 9.17) is 0 Å². The van der Waals surface area contributed by atoms with E-state index in [1.807, 2.05) is 0 Å². The number of rotatable bonds is 9. The van der Waals surface area contributed by atoms with Gasteiger partial charge in [0.05, 0.1) is 0 Å². The maximum Gasteiger partial charge on any atom is 0.00326 e. The third-order valence-corrected chi connectivity index (χ3v) is 4.91. The molecule has 1 saturated heterocycles. The van der Waals surface area contributed by atoms with Crippen LogP contribution in [0.5, 0.6) is 0 Å². The zero-order chi connectivity index (χ0) is 15.0. The van der Waals surface area contributed by atoms with Crippen LogP contribution in [0.25, 0.3) is 0 Å². The summed E-state index contributed by atoms with van der Waals surface area (Å²) >= 11 is 0. The molecule has 0 aliphatic carbocycles. The summed E-state index contributed by atoms with van der Waals surface area (Å²) in [6, 6.07) is 0. The summed E-state index contributed by atoms with van der Waals surface area (Å²) in [6.07, 6.45) is 6.69. The van der Waals surface area contributed by atoms with Crippen molar-refractivity contribution in [2.24, 2.45) is 11.3 Å². The van der Waals surface area contributed by atoms with Crippen molar-refractivity contribution in [2.45, 2.75) is 66.7 Å². The van der Waals surface area contributed by atoms with Crippen LogP contribution >= 0.6 is 0 Å². The van der Waals surface area contributed by atoms with Crippen LogP contribution in [0.1, 0.15) is 66.7 Å². The Hall–Kier alpha value is -0.0800. The highest BCUT2D eigenvalue weighted by Gasteiger charge is 2.25. The van der Waals surface area contributed by atoms with Gasteiger partial charge in [-0.1, -0.05) is 34.6 Å². The minimum Gasteiger partial charge on any atom is -0.303 e. The zero-order valence-corrected chi connectivity index (χ0v) is 14.7. The van der Waals surface area contributed by atoms with Crippen molar-refractivity contribution < 1.29 is 0 Å². The summed E-state index contributed by atoms with van der Waals surface area (Å²) in [4.78, 5) is 5.39. The van der Waals surface area contributed by atoms with Crippen LogP contribution in [0, 0.1) is 11.3 Å². The summed E-state index contributed by atoms with van der Waals surface area (Å²) in [5.41, 5.74) is 0.489. The second kappa shape index (κ2) is 9.04. The lowest BCUT2D eigenvalue weighted by Crippen LogP contribution is -2.42. The minimum absolute atomic E-state index is 0.489. The van der Waals surface area contributed by atoms with E-state index in [9.17, 15) is 0 Å². The molecular formula is C18H38N2. The Balaban J connectivity index is 2.30. The molecule has 20 heavy (non-hydrogen) atoms. The molecule has 1 rings (SSSR count). The average Bonchev–Trinajstić information content (AvgIpc) is 2.41. The van der Waals surface area contributed by atoms with E-state index in [0.29, 0.717) is 5.41 Å². The molecule has 0 radical (unpaired) electrons. The molecule has 0 N–H and O–H groups in total. The Labute approximate surface area is 127 Å². The van der Waals surface area contributed by atoms with Crippen LogP contribution < -0.4 is 0 Å². The first kappa shape index (κ1) is 18.0. The van der Waals surface area contributed by atoms with Gasteiger partial charge in [-0.25, -0.2) is 0 Å². The summed E-state index contributed by atoms with van der Waals surface area (Å²) in [5.74, 6) is 0.939. The lowest BCUT2D eigenvalue weighted by atomic mass is 9.88. The second-order valence-electron chi connectivity index (χ2n) is 7.54. The van der Waals surface area contributed by atoms with Crippen molar-refractivity contribution in [2.75, 3.05) is 39.3 Å². The van der Waals surface area contributed by atoms with Crippen molar-refractivity contribution >= 4 is 0 Å². The Morgan fingerprint density at radius 1 is 1.00 bits per heavy atom. The number of piperidine rings is 1. The Kier molecular flexibility index (Phi) is 8.13. The highest BCUT2D eigenvalue weighted by molar-refractivity contribution is 4.79. The molecule has 2 heteroatoms. The van der Waals surface area contributed by atoms with Crippen LogP contribution in [0.4, 0.5) is 0 Å². The van der Waals surface area contributed by atoms with Crippen LogP contribution in [0.2, 0.25) is 0 Å². The molecule has 2 nitrogen and oxygen atoms in total. The Morgan fingerprint density at radius 3 is 2.00 bits per heavy atom. The molecule has 120 valence electrons. The number of nitrogens with zero attached hydrogens (tertiary/aromatic N) is 2. The quantitative estimate of drug-likeness (QED) is 0.623. The minimum atomic E-state index is 0.489. The van der Waals surface area contributed by atoms with Gasteiger partial charge in [0.15, 0.2) is 0 Å². The molecule has 0 saturated carbocycles. The lowest BCUT2D eigenvalue weighted by molar-refractivity contribution is 0.107. The fraction of sp³-hybridized carbons (Fsp3) is 1.00. The molecule has 0 amide bonds. The van der Waals surface area contributed by atoms with E-state index in [1.165, 1.54) is 71.4 Å². The van der Waals surface area contributed by atoms with Gasteiger partial charge in [-0.3, -0.25) is 0 Å². The van der Waals surface area contributed by atoms with Crippen molar-refractivity contribution in [1.82, 2.24) is 9.80 Å². The fourth-order valence-electron chi connectivity index (χ4n) is 3.34. The SMILES string of the molecule is CCCN(CCC)CC1CCN(CC(C)(C)CC)CC1. The first-order valence-electron chi connectivity index (χ1n) is 8.95. The van der Waals surface area contributed by atoms with Crippen molar-refractivity contribution in [3.8, 4) is 0 Å². The Bertz CT molecular complexity index is 236. The molecule has 1 fully saturated rings. The maximum atomic E-state index is 2.70. The topological polar surface area (TPSA) is 6.48 Å². The summed E-state index contributed by atoms with van der Waals surface area (Å²) in [5, 5.41) is 0. The molecule has 0 aromatic carbocycles. The predicted octanol–water partition coefficient (Wildman–Crippen LogP) is 4.26. The van der Waals surface area contributed by atoms with Crippen molar-refractivity contribution in [3.05, 3.63) is 0 Å². The summed E-state index contributed by atoms with van der Waals surface area (Å²) in [6.45, 7) is 19.6. The summed E-state index contributed by atoms with van der Waals surface area (Å²) in [7, 11) is 0. The van der Waals surface area contributed by atoms with Crippen LogP contribution in [-0.2, 0) is 0 Å². The third-order valence-electron chi connectivity index (χ3n) is 4.91. The highest BCUT2D eigenvalue weighted by atomic mass is 15.2. The normalized spacial score (nSPS) is 18.9. The van der Waals surface area contributed by atoms with Crippen molar-refractivity contribution in [1.29, 1.82) is 0 Å². The predicted molar refractivity (Wildman–Crippen MR) is 90.3 cm³/mol. The van der Waals surface area contributed by atoms with Gasteiger partial charge in [-0.15, -0.1) is 0 Å². The van der Waals surface area contributed by atoms with E-state index < -0.39 is 0 Å². The van der Waals surface area contributed by atoms with Gasteiger partial charge in [0.2, 0.25) is 0 Å². The zero-order valence-electron chi connectivity index (χ0n) is 14.7. The van der Waals surface area contributed by atoms with Gasteiger partial charge >= 0.3 is 0 Å². The van der Waals surface area contributed by atoms with E-state index in [1.54, 1.807) is 0 Å². The van der Waals surface area contributed by atoms with E-state index in [2.05, 4.69) is 44.4 Å². The van der Waals surface area contributed by atoms with Gasteiger partial charge in [0, 0.05) is 13.1 Å². The van der Waals surface area contributed by atoms with Gasteiger partial charge < -0.3 is 9.80 Å². The number of hydrogen-bond acceptors (Lipinski definition) is 2. The monoisotopic (exact) mass is 282 g/mol. The Morgan fingerprint density at radius 2 is 1.55 bits per heavy atom. The van der Waals surface area contributed by atoms with Crippen LogP contribution in [-0.4, -0.2) is 49.1 Å². The smallest absolute Gasteiger partial charge is 0.00326 e. The van der Waals surface area contributed by atoms with Gasteiger partial charge in [0.1, 0.15) is 0 Å². The van der Waals surface area contributed by atoms with E-state index >= 15 is 0 Å². The first-order chi connectivity index (χ1) is 9.50. The molecule has 0 aromatic rings. The van der Waals surface area contributed by atoms with E-state index in [0.717, 1.165) is 5.92 Å². The van der Waals surface area contributed by atoms with Gasteiger partial charge in [0.25, 0.3) is 0 Å². The lowest BCUT2D eigenvalue weighted by Gasteiger charge is -2.38. The molecule has 0 spiro atoms. The van der Waals surface area contributed by atoms with E-state index in [-0.39, 0.29) is 0 Å². The van der Waals surface area contributed by atoms with Crippen molar-refractivity contribution in [3.63, 3.8) is 0 Å². The molecule has 0 bridgehead atoms. The van der Waals surface area contributed by atoms with Crippen LogP contribution in [0.15, 0.2) is 0 Å². The van der Waals surface area contributed by atoms with Gasteiger partial charge in [-0.2, -0.15) is 0 Å².